The highest BCUT2D eigenvalue weighted by Crippen LogP contribution is 2.36. The van der Waals surface area contributed by atoms with Gasteiger partial charge in [-0.3, -0.25) is 4.79 Å². The molecule has 34 heavy (non-hydrogen) atoms. The Morgan fingerprint density at radius 2 is 1.71 bits per heavy atom. The number of aromatic nitrogens is 2. The number of hydrogen-bond donors (Lipinski definition) is 1. The molecule has 4 rings (SSSR count). The van der Waals surface area contributed by atoms with Gasteiger partial charge in [0.25, 0.3) is 0 Å². The van der Waals surface area contributed by atoms with Crippen molar-refractivity contribution < 1.29 is 4.79 Å². The zero-order chi connectivity index (χ0) is 23.9. The van der Waals surface area contributed by atoms with Crippen LogP contribution < -0.4 is 5.32 Å². The minimum atomic E-state index is -0.433. The third-order valence-corrected chi connectivity index (χ3v) is 6.68. The van der Waals surface area contributed by atoms with Crippen molar-refractivity contribution in [3.8, 4) is 28.5 Å². The minimum Gasteiger partial charge on any atom is -0.310 e. The average Bonchev–Trinajstić information content (AvgIpc) is 2.89. The maximum absolute atomic E-state index is 13.1. The first-order chi connectivity index (χ1) is 16.6. The standard InChI is InChI=1S/C28H24N4OS/c1-3-25(27(33)32-26-15-14-19(2)18-30-26)34-28-23(17-29)22(20-10-6-4-7-11-20)16-24(31-28)21-12-8-5-9-13-21/h4-16,18,25H,3H2,1-2H3,(H,30,32,33). The molecule has 0 saturated carbocycles. The van der Waals surface area contributed by atoms with Gasteiger partial charge in [0.1, 0.15) is 16.9 Å². The van der Waals surface area contributed by atoms with E-state index in [0.29, 0.717) is 22.8 Å². The molecule has 0 bridgehead atoms. The lowest BCUT2D eigenvalue weighted by atomic mass is 9.99. The second-order valence-corrected chi connectivity index (χ2v) is 9.00. The Labute approximate surface area is 203 Å². The summed E-state index contributed by atoms with van der Waals surface area (Å²) in [5, 5.41) is 13.1. The zero-order valence-electron chi connectivity index (χ0n) is 19.0. The van der Waals surface area contributed by atoms with Gasteiger partial charge in [0.15, 0.2) is 0 Å². The molecule has 168 valence electrons. The molecule has 0 saturated heterocycles. The molecule has 0 aliphatic heterocycles. The van der Waals surface area contributed by atoms with Gasteiger partial charge in [-0.1, -0.05) is 85.4 Å². The van der Waals surface area contributed by atoms with Crippen molar-refractivity contribution in [3.05, 3.63) is 96.2 Å². The predicted octanol–water partition coefficient (Wildman–Crippen LogP) is 6.50. The fourth-order valence-electron chi connectivity index (χ4n) is 3.52. The fraction of sp³-hybridized carbons (Fsp3) is 0.143. The molecule has 1 N–H and O–H groups in total. The summed E-state index contributed by atoms with van der Waals surface area (Å²) in [6.07, 6.45) is 2.29. The first-order valence-corrected chi connectivity index (χ1v) is 11.9. The van der Waals surface area contributed by atoms with Crippen molar-refractivity contribution >= 4 is 23.5 Å². The summed E-state index contributed by atoms with van der Waals surface area (Å²) in [6.45, 7) is 3.90. The molecule has 2 aromatic heterocycles. The van der Waals surface area contributed by atoms with Crippen molar-refractivity contribution in [1.29, 1.82) is 5.26 Å². The van der Waals surface area contributed by atoms with Crippen LogP contribution in [0.5, 0.6) is 0 Å². The van der Waals surface area contributed by atoms with Crippen LogP contribution in [0.1, 0.15) is 24.5 Å². The number of amides is 1. The molecule has 4 aromatic rings. The van der Waals surface area contributed by atoms with Gasteiger partial charge < -0.3 is 5.32 Å². The first-order valence-electron chi connectivity index (χ1n) is 11.0. The Hall–Kier alpha value is -3.95. The highest BCUT2D eigenvalue weighted by molar-refractivity contribution is 8.00. The van der Waals surface area contributed by atoms with Gasteiger partial charge in [0, 0.05) is 17.3 Å². The number of pyridine rings is 2. The molecule has 0 fully saturated rings. The van der Waals surface area contributed by atoms with E-state index < -0.39 is 5.25 Å². The number of anilines is 1. The molecule has 5 nitrogen and oxygen atoms in total. The fourth-order valence-corrected chi connectivity index (χ4v) is 4.55. The molecule has 1 unspecified atom stereocenters. The lowest BCUT2D eigenvalue weighted by Crippen LogP contribution is -2.25. The van der Waals surface area contributed by atoms with Gasteiger partial charge in [-0.25, -0.2) is 9.97 Å². The molecule has 1 amide bonds. The second kappa shape index (κ2) is 10.8. The van der Waals surface area contributed by atoms with Gasteiger partial charge in [0.05, 0.1) is 16.5 Å². The first kappa shape index (κ1) is 23.2. The third kappa shape index (κ3) is 5.33. The van der Waals surface area contributed by atoms with Crippen molar-refractivity contribution in [3.63, 3.8) is 0 Å². The zero-order valence-corrected chi connectivity index (χ0v) is 19.8. The molecule has 0 radical (unpaired) electrons. The number of carbonyl (C=O) groups is 1. The summed E-state index contributed by atoms with van der Waals surface area (Å²) in [5.74, 6) is 0.340. The summed E-state index contributed by atoms with van der Waals surface area (Å²) in [5.41, 5.74) is 4.93. The van der Waals surface area contributed by atoms with Crippen LogP contribution in [0.2, 0.25) is 0 Å². The second-order valence-electron chi connectivity index (χ2n) is 7.80. The van der Waals surface area contributed by atoms with Crippen LogP contribution in [0.4, 0.5) is 5.82 Å². The number of rotatable bonds is 7. The number of nitriles is 1. The van der Waals surface area contributed by atoms with Crippen LogP contribution in [-0.2, 0) is 4.79 Å². The maximum atomic E-state index is 13.1. The van der Waals surface area contributed by atoms with Crippen molar-refractivity contribution in [2.75, 3.05) is 5.32 Å². The quantitative estimate of drug-likeness (QED) is 0.316. The number of benzene rings is 2. The van der Waals surface area contributed by atoms with E-state index in [2.05, 4.69) is 16.4 Å². The summed E-state index contributed by atoms with van der Waals surface area (Å²) in [7, 11) is 0. The molecular weight excluding hydrogens is 440 g/mol. The van der Waals surface area contributed by atoms with Crippen LogP contribution in [0.3, 0.4) is 0 Å². The Morgan fingerprint density at radius 1 is 1.03 bits per heavy atom. The van der Waals surface area contributed by atoms with Crippen molar-refractivity contribution in [2.45, 2.75) is 30.5 Å². The highest BCUT2D eigenvalue weighted by atomic mass is 32.2. The molecule has 0 spiro atoms. The summed E-state index contributed by atoms with van der Waals surface area (Å²) < 4.78 is 0. The van der Waals surface area contributed by atoms with Gasteiger partial charge in [-0.05, 0) is 36.6 Å². The van der Waals surface area contributed by atoms with Gasteiger partial charge in [0.2, 0.25) is 5.91 Å². The highest BCUT2D eigenvalue weighted by Gasteiger charge is 2.23. The van der Waals surface area contributed by atoms with E-state index in [1.54, 1.807) is 12.3 Å². The predicted molar refractivity (Wildman–Crippen MR) is 137 cm³/mol. The van der Waals surface area contributed by atoms with Crippen LogP contribution in [0, 0.1) is 18.3 Å². The van der Waals surface area contributed by atoms with Crippen molar-refractivity contribution in [1.82, 2.24) is 9.97 Å². The normalized spacial score (nSPS) is 11.4. The van der Waals surface area contributed by atoms with E-state index in [4.69, 9.17) is 4.98 Å². The smallest absolute Gasteiger partial charge is 0.239 e. The number of thioether (sulfide) groups is 1. The summed E-state index contributed by atoms with van der Waals surface area (Å²) in [4.78, 5) is 22.2. The number of nitrogens with one attached hydrogen (secondary N) is 1. The molecule has 2 heterocycles. The van der Waals surface area contributed by atoms with Gasteiger partial charge in [-0.2, -0.15) is 5.26 Å². The molecule has 0 aliphatic carbocycles. The lowest BCUT2D eigenvalue weighted by Gasteiger charge is -2.17. The Bertz CT molecular complexity index is 1320. The molecule has 6 heteroatoms. The third-order valence-electron chi connectivity index (χ3n) is 5.33. The summed E-state index contributed by atoms with van der Waals surface area (Å²) in [6, 6.07) is 27.6. The number of hydrogen-bond acceptors (Lipinski definition) is 5. The largest absolute Gasteiger partial charge is 0.310 e. The van der Waals surface area contributed by atoms with Crippen LogP contribution in [-0.4, -0.2) is 21.1 Å². The summed E-state index contributed by atoms with van der Waals surface area (Å²) >= 11 is 1.31. The number of aryl methyl sites for hydroxylation is 1. The Morgan fingerprint density at radius 3 is 2.29 bits per heavy atom. The Kier molecular flexibility index (Phi) is 7.36. The minimum absolute atomic E-state index is 0.166. The lowest BCUT2D eigenvalue weighted by molar-refractivity contribution is -0.115. The van der Waals surface area contributed by atoms with E-state index in [0.717, 1.165) is 27.9 Å². The number of carbonyl (C=O) groups excluding carboxylic acids is 1. The SMILES string of the molecule is CCC(Sc1nc(-c2ccccc2)cc(-c2ccccc2)c1C#N)C(=O)Nc1ccc(C)cn1. The van der Waals surface area contributed by atoms with Crippen molar-refractivity contribution in [2.24, 2.45) is 0 Å². The monoisotopic (exact) mass is 464 g/mol. The average molecular weight is 465 g/mol. The van der Waals surface area contributed by atoms with E-state index >= 15 is 0 Å². The van der Waals surface area contributed by atoms with Crippen LogP contribution >= 0.6 is 11.8 Å². The van der Waals surface area contributed by atoms with Gasteiger partial charge >= 0.3 is 0 Å². The van der Waals surface area contributed by atoms with E-state index in [9.17, 15) is 10.1 Å². The van der Waals surface area contributed by atoms with Crippen LogP contribution in [0.15, 0.2) is 90.1 Å². The molecule has 0 aliphatic rings. The molecular formula is C28H24N4OS. The number of nitrogens with zero attached hydrogens (tertiary/aromatic N) is 3. The van der Waals surface area contributed by atoms with E-state index in [1.165, 1.54) is 11.8 Å². The van der Waals surface area contributed by atoms with E-state index in [-0.39, 0.29) is 5.91 Å². The Balaban J connectivity index is 1.74. The maximum Gasteiger partial charge on any atom is 0.239 e. The van der Waals surface area contributed by atoms with E-state index in [1.807, 2.05) is 86.6 Å². The molecule has 1 atom stereocenters. The topological polar surface area (TPSA) is 78.7 Å². The van der Waals surface area contributed by atoms with Crippen LogP contribution in [0.25, 0.3) is 22.4 Å². The molecule has 2 aromatic carbocycles. The van der Waals surface area contributed by atoms with Gasteiger partial charge in [-0.15, -0.1) is 0 Å².